The van der Waals surface area contributed by atoms with Gasteiger partial charge >= 0.3 is 0 Å². The van der Waals surface area contributed by atoms with Crippen LogP contribution in [0.1, 0.15) is 51.0 Å². The third kappa shape index (κ3) is 3.69. The van der Waals surface area contributed by atoms with E-state index in [0.29, 0.717) is 30.1 Å². The first-order valence-electron chi connectivity index (χ1n) is 7.91. The average Bonchev–Trinajstić information content (AvgIpc) is 2.52. The van der Waals surface area contributed by atoms with Crippen molar-refractivity contribution >= 4 is 5.71 Å². The fraction of sp³-hybridized carbons (Fsp3) is 0.500. The molecule has 0 aromatic heterocycles. The van der Waals surface area contributed by atoms with Gasteiger partial charge in [-0.05, 0) is 12.0 Å². The van der Waals surface area contributed by atoms with Crippen LogP contribution in [0.5, 0.6) is 0 Å². The van der Waals surface area contributed by atoms with E-state index in [-0.39, 0.29) is 5.92 Å². The Kier molecular flexibility index (Phi) is 5.61. The quantitative estimate of drug-likeness (QED) is 0.431. The standard InChI is InChI=1S/C18H25NO3/c1-4-6-13-21-18(12-5-2)14-17(15(3)19(20)22-18)16-10-8-7-9-11-16/h5,7-11,17H,2,4,6,12-14H2,1,3H3/t17-,18-/m0/s1. The Morgan fingerprint density at radius 3 is 2.82 bits per heavy atom. The fourth-order valence-corrected chi connectivity index (χ4v) is 2.78. The Hall–Kier alpha value is -1.81. The van der Waals surface area contributed by atoms with Crippen molar-refractivity contribution in [2.75, 3.05) is 6.61 Å². The van der Waals surface area contributed by atoms with Crippen molar-refractivity contribution < 1.29 is 14.5 Å². The zero-order chi connectivity index (χ0) is 16.0. The topological polar surface area (TPSA) is 44.5 Å². The smallest absolute Gasteiger partial charge is 0.226 e. The molecule has 0 saturated carbocycles. The highest BCUT2D eigenvalue weighted by atomic mass is 16.9. The molecule has 1 aromatic carbocycles. The van der Waals surface area contributed by atoms with Gasteiger partial charge in [0.25, 0.3) is 0 Å². The minimum atomic E-state index is -0.918. The second-order valence-electron chi connectivity index (χ2n) is 5.76. The summed E-state index contributed by atoms with van der Waals surface area (Å²) in [7, 11) is 0. The van der Waals surface area contributed by atoms with Gasteiger partial charge in [-0.1, -0.05) is 49.8 Å². The molecule has 4 nitrogen and oxygen atoms in total. The van der Waals surface area contributed by atoms with Crippen molar-refractivity contribution in [2.45, 2.75) is 51.2 Å². The van der Waals surface area contributed by atoms with E-state index in [9.17, 15) is 5.21 Å². The van der Waals surface area contributed by atoms with E-state index in [0.717, 1.165) is 18.4 Å². The molecule has 0 amide bonds. The van der Waals surface area contributed by atoms with Crippen molar-refractivity contribution in [3.05, 3.63) is 53.8 Å². The summed E-state index contributed by atoms with van der Waals surface area (Å²) in [5.74, 6) is -0.923. The molecule has 2 rings (SSSR count). The zero-order valence-corrected chi connectivity index (χ0v) is 13.5. The zero-order valence-electron chi connectivity index (χ0n) is 13.5. The molecular formula is C18H25NO3. The monoisotopic (exact) mass is 303 g/mol. The van der Waals surface area contributed by atoms with Crippen LogP contribution in [-0.4, -0.2) is 23.0 Å². The summed E-state index contributed by atoms with van der Waals surface area (Å²) in [6, 6.07) is 10.0. The number of hydrogen-bond donors (Lipinski definition) is 0. The van der Waals surface area contributed by atoms with Crippen LogP contribution in [0.15, 0.2) is 43.0 Å². The van der Waals surface area contributed by atoms with Gasteiger partial charge < -0.3 is 9.57 Å². The van der Waals surface area contributed by atoms with Crippen LogP contribution in [0.25, 0.3) is 0 Å². The lowest BCUT2D eigenvalue weighted by molar-refractivity contribution is -0.789. The second kappa shape index (κ2) is 7.45. The lowest BCUT2D eigenvalue weighted by Gasteiger charge is -2.40. The molecule has 1 aliphatic rings. The van der Waals surface area contributed by atoms with Crippen LogP contribution in [0, 0.1) is 5.21 Å². The first-order valence-corrected chi connectivity index (χ1v) is 7.91. The number of benzene rings is 1. The molecule has 0 spiro atoms. The first kappa shape index (κ1) is 16.6. The molecular weight excluding hydrogens is 278 g/mol. The van der Waals surface area contributed by atoms with Gasteiger partial charge in [-0.15, -0.1) is 6.58 Å². The Labute approximate surface area is 132 Å². The molecule has 1 aromatic rings. The maximum absolute atomic E-state index is 12.2. The third-order valence-corrected chi connectivity index (χ3v) is 4.08. The third-order valence-electron chi connectivity index (χ3n) is 4.08. The summed E-state index contributed by atoms with van der Waals surface area (Å²) in [5.41, 5.74) is 1.77. The van der Waals surface area contributed by atoms with Gasteiger partial charge in [0.15, 0.2) is 5.79 Å². The van der Waals surface area contributed by atoms with Crippen molar-refractivity contribution in [1.82, 2.24) is 0 Å². The van der Waals surface area contributed by atoms with Gasteiger partial charge in [0.1, 0.15) is 0 Å². The van der Waals surface area contributed by atoms with Crippen molar-refractivity contribution in [2.24, 2.45) is 0 Å². The number of unbranched alkanes of at least 4 members (excludes halogenated alkanes) is 1. The summed E-state index contributed by atoms with van der Waals surface area (Å²) in [6.45, 7) is 8.29. The molecule has 0 fully saturated rings. The fourth-order valence-electron chi connectivity index (χ4n) is 2.78. The van der Waals surface area contributed by atoms with Crippen LogP contribution >= 0.6 is 0 Å². The van der Waals surface area contributed by atoms with E-state index in [2.05, 4.69) is 13.5 Å². The highest BCUT2D eigenvalue weighted by Crippen LogP contribution is 2.37. The van der Waals surface area contributed by atoms with Crippen LogP contribution in [-0.2, 0) is 9.57 Å². The summed E-state index contributed by atoms with van der Waals surface area (Å²) in [4.78, 5) is 6.19. The average molecular weight is 303 g/mol. The summed E-state index contributed by atoms with van der Waals surface area (Å²) >= 11 is 0. The minimum Gasteiger partial charge on any atom is -0.369 e. The number of rotatable bonds is 7. The Morgan fingerprint density at radius 2 is 2.18 bits per heavy atom. The summed E-state index contributed by atoms with van der Waals surface area (Å²) in [5, 5.41) is 12.2. The highest BCUT2D eigenvalue weighted by Gasteiger charge is 2.42. The molecule has 1 aliphatic heterocycles. The van der Waals surface area contributed by atoms with Crippen molar-refractivity contribution in [1.29, 1.82) is 0 Å². The highest BCUT2D eigenvalue weighted by molar-refractivity contribution is 5.84. The molecule has 0 saturated heterocycles. The Balaban J connectivity index is 2.28. The molecule has 4 heteroatoms. The van der Waals surface area contributed by atoms with Crippen LogP contribution in [0.2, 0.25) is 0 Å². The molecule has 0 bridgehead atoms. The summed E-state index contributed by atoms with van der Waals surface area (Å²) in [6.07, 6.45) is 4.85. The lowest BCUT2D eigenvalue weighted by Crippen LogP contribution is -2.46. The van der Waals surface area contributed by atoms with Crippen LogP contribution in [0.4, 0.5) is 0 Å². The number of ether oxygens (including phenoxy) is 1. The van der Waals surface area contributed by atoms with Crippen LogP contribution in [0.3, 0.4) is 0 Å². The molecule has 2 atom stereocenters. The molecule has 0 aliphatic carbocycles. The molecule has 1 heterocycles. The van der Waals surface area contributed by atoms with Crippen LogP contribution < -0.4 is 0 Å². The maximum atomic E-state index is 12.2. The van der Waals surface area contributed by atoms with Gasteiger partial charge in [0.05, 0.1) is 5.92 Å². The summed E-state index contributed by atoms with van der Waals surface area (Å²) < 4.78 is 5.97. The van der Waals surface area contributed by atoms with E-state index in [1.165, 1.54) is 0 Å². The molecule has 0 radical (unpaired) electrons. The Bertz CT molecular complexity index is 526. The second-order valence-corrected chi connectivity index (χ2v) is 5.76. The molecule has 120 valence electrons. The largest absolute Gasteiger partial charge is 0.369 e. The van der Waals surface area contributed by atoms with Crippen molar-refractivity contribution in [3.8, 4) is 0 Å². The predicted octanol–water partition coefficient (Wildman–Crippen LogP) is 4.17. The Morgan fingerprint density at radius 1 is 1.45 bits per heavy atom. The number of hydrogen-bond acceptors (Lipinski definition) is 3. The van der Waals surface area contributed by atoms with Gasteiger partial charge in [-0.2, -0.15) is 0 Å². The predicted molar refractivity (Wildman–Crippen MR) is 87.6 cm³/mol. The first-order chi connectivity index (χ1) is 10.6. The van der Waals surface area contributed by atoms with Gasteiger partial charge in [0, 0.05) is 31.3 Å². The molecule has 0 N–H and O–H groups in total. The number of nitrogens with zero attached hydrogens (tertiary/aromatic N) is 1. The molecule has 22 heavy (non-hydrogen) atoms. The lowest BCUT2D eigenvalue weighted by atomic mass is 9.86. The minimum absolute atomic E-state index is 0.00553. The van der Waals surface area contributed by atoms with Gasteiger partial charge in [-0.3, -0.25) is 5.21 Å². The van der Waals surface area contributed by atoms with E-state index in [1.807, 2.05) is 37.3 Å². The van der Waals surface area contributed by atoms with Gasteiger partial charge in [-0.25, -0.2) is 0 Å². The van der Waals surface area contributed by atoms with E-state index >= 15 is 0 Å². The van der Waals surface area contributed by atoms with E-state index in [4.69, 9.17) is 9.57 Å². The SMILES string of the molecule is C=CC[C@@]1(OCCCC)C[C@H](c2ccccc2)C(C)=[N+]([O-])O1. The maximum Gasteiger partial charge on any atom is 0.226 e. The van der Waals surface area contributed by atoms with E-state index < -0.39 is 5.79 Å². The van der Waals surface area contributed by atoms with Crippen molar-refractivity contribution in [3.63, 3.8) is 0 Å². The van der Waals surface area contributed by atoms with Gasteiger partial charge in [0.2, 0.25) is 5.71 Å². The van der Waals surface area contributed by atoms with E-state index in [1.54, 1.807) is 6.08 Å². The molecule has 0 unspecified atom stereocenters. The normalized spacial score (nSPS) is 24.9.